The van der Waals surface area contributed by atoms with E-state index in [2.05, 4.69) is 5.32 Å². The molecular formula is C22H31N3O4. The number of anilines is 1. The van der Waals surface area contributed by atoms with Crippen LogP contribution in [0.15, 0.2) is 30.3 Å². The molecule has 1 aromatic carbocycles. The summed E-state index contributed by atoms with van der Waals surface area (Å²) in [4.78, 5) is 41.3. The second-order valence-corrected chi connectivity index (χ2v) is 8.78. The average molecular weight is 402 g/mol. The van der Waals surface area contributed by atoms with Crippen molar-refractivity contribution >= 4 is 23.7 Å². The van der Waals surface area contributed by atoms with Crippen LogP contribution >= 0.6 is 0 Å². The molecule has 7 heteroatoms. The lowest BCUT2D eigenvalue weighted by Gasteiger charge is -2.39. The zero-order chi connectivity index (χ0) is 21.1. The minimum Gasteiger partial charge on any atom is -0.444 e. The highest BCUT2D eigenvalue weighted by molar-refractivity contribution is 6.23. The number of amides is 4. The minimum atomic E-state index is -0.753. The van der Waals surface area contributed by atoms with E-state index in [1.54, 1.807) is 17.0 Å². The Morgan fingerprint density at radius 2 is 1.86 bits per heavy atom. The highest BCUT2D eigenvalue weighted by atomic mass is 16.6. The van der Waals surface area contributed by atoms with Crippen LogP contribution in [0.2, 0.25) is 0 Å². The molecule has 2 heterocycles. The summed E-state index contributed by atoms with van der Waals surface area (Å²) in [5, 5.41) is 2.75. The first-order valence-corrected chi connectivity index (χ1v) is 10.4. The number of para-hydroxylation sites is 1. The molecule has 0 aliphatic carbocycles. The lowest BCUT2D eigenvalue weighted by atomic mass is 9.82. The number of nitrogens with zero attached hydrogens (tertiary/aromatic N) is 2. The topological polar surface area (TPSA) is 79.0 Å². The van der Waals surface area contributed by atoms with Crippen molar-refractivity contribution in [1.82, 2.24) is 10.2 Å². The fourth-order valence-electron chi connectivity index (χ4n) is 4.17. The molecule has 158 valence electrons. The van der Waals surface area contributed by atoms with Crippen molar-refractivity contribution in [2.24, 2.45) is 0 Å². The summed E-state index contributed by atoms with van der Waals surface area (Å²) in [7, 11) is 0. The van der Waals surface area contributed by atoms with Crippen molar-refractivity contribution < 1.29 is 19.1 Å². The molecule has 4 amide bonds. The first kappa shape index (κ1) is 21.1. The third-order valence-electron chi connectivity index (χ3n) is 5.46. The summed E-state index contributed by atoms with van der Waals surface area (Å²) in [6.07, 6.45) is 4.20. The van der Waals surface area contributed by atoms with Gasteiger partial charge in [0.05, 0.1) is 5.69 Å². The normalized spacial score (nSPS) is 21.9. The number of benzene rings is 1. The quantitative estimate of drug-likeness (QED) is 0.576. The van der Waals surface area contributed by atoms with Crippen molar-refractivity contribution in [2.75, 3.05) is 18.0 Å². The van der Waals surface area contributed by atoms with Gasteiger partial charge in [0.15, 0.2) is 0 Å². The van der Waals surface area contributed by atoms with Gasteiger partial charge in [-0.3, -0.25) is 4.79 Å². The maximum atomic E-state index is 13.4. The van der Waals surface area contributed by atoms with Crippen molar-refractivity contribution in [3.8, 4) is 0 Å². The lowest BCUT2D eigenvalue weighted by Crippen LogP contribution is -2.52. The predicted octanol–water partition coefficient (Wildman–Crippen LogP) is 4.07. The Hall–Kier alpha value is -2.57. The number of alkyl carbamates (subject to hydrolysis) is 1. The third kappa shape index (κ3) is 4.54. The van der Waals surface area contributed by atoms with Gasteiger partial charge in [-0.1, -0.05) is 18.2 Å². The number of carbonyl (C=O) groups excluding carboxylic acids is 3. The first-order chi connectivity index (χ1) is 13.7. The molecule has 0 bridgehead atoms. The summed E-state index contributed by atoms with van der Waals surface area (Å²) in [5.41, 5.74) is -0.650. The number of ether oxygens (including phenoxy) is 1. The van der Waals surface area contributed by atoms with E-state index in [4.69, 9.17) is 4.74 Å². The van der Waals surface area contributed by atoms with Gasteiger partial charge in [-0.05, 0) is 71.4 Å². The smallest absolute Gasteiger partial charge is 0.407 e. The molecule has 2 aliphatic rings. The van der Waals surface area contributed by atoms with E-state index < -0.39 is 17.2 Å². The molecule has 1 atom stereocenters. The van der Waals surface area contributed by atoms with Gasteiger partial charge in [0, 0.05) is 13.1 Å². The van der Waals surface area contributed by atoms with E-state index >= 15 is 0 Å². The zero-order valence-electron chi connectivity index (χ0n) is 17.6. The standard InChI is InChI=1S/C22H31N3O4/c1-21(2,3)29-19(27)23-15-9-7-13-22-14-8-10-16-24(22)20(28)25(18(22)26)17-11-5-4-6-12-17/h4-6,11-12H,7-10,13-16H2,1-3H3,(H,23,27). The molecule has 1 aromatic rings. The number of rotatable bonds is 6. The van der Waals surface area contributed by atoms with Gasteiger partial charge in [-0.25, -0.2) is 14.5 Å². The molecule has 7 nitrogen and oxygen atoms in total. The number of fused-ring (bicyclic) bond motifs is 1. The number of hydrogen-bond acceptors (Lipinski definition) is 4. The van der Waals surface area contributed by atoms with Gasteiger partial charge in [-0.15, -0.1) is 0 Å². The maximum Gasteiger partial charge on any atom is 0.407 e. The fourth-order valence-corrected chi connectivity index (χ4v) is 4.17. The second-order valence-electron chi connectivity index (χ2n) is 8.78. The van der Waals surface area contributed by atoms with Gasteiger partial charge < -0.3 is 15.0 Å². The summed E-state index contributed by atoms with van der Waals surface area (Å²) >= 11 is 0. The van der Waals surface area contributed by atoms with Crippen LogP contribution in [-0.4, -0.2) is 47.2 Å². The summed E-state index contributed by atoms with van der Waals surface area (Å²) in [6.45, 7) is 6.57. The van der Waals surface area contributed by atoms with Crippen molar-refractivity contribution in [2.45, 2.75) is 70.4 Å². The van der Waals surface area contributed by atoms with Gasteiger partial charge in [0.1, 0.15) is 11.1 Å². The molecule has 2 saturated heterocycles. The van der Waals surface area contributed by atoms with Crippen LogP contribution in [0, 0.1) is 0 Å². The third-order valence-corrected chi connectivity index (χ3v) is 5.46. The van der Waals surface area contributed by atoms with Crippen LogP contribution in [0.3, 0.4) is 0 Å². The highest BCUT2D eigenvalue weighted by Crippen LogP contribution is 2.41. The fraction of sp³-hybridized carbons (Fsp3) is 0.591. The largest absolute Gasteiger partial charge is 0.444 e. The Balaban J connectivity index is 1.61. The second kappa shape index (κ2) is 8.43. The van der Waals surface area contributed by atoms with Crippen molar-refractivity contribution in [1.29, 1.82) is 0 Å². The monoisotopic (exact) mass is 401 g/mol. The van der Waals surface area contributed by atoms with Crippen LogP contribution in [0.4, 0.5) is 15.3 Å². The minimum absolute atomic E-state index is 0.117. The Kier molecular flexibility index (Phi) is 6.15. The number of carbonyl (C=O) groups is 3. The Bertz CT molecular complexity index is 759. The molecule has 0 aromatic heterocycles. The summed E-state index contributed by atoms with van der Waals surface area (Å²) < 4.78 is 5.23. The molecule has 0 saturated carbocycles. The average Bonchev–Trinajstić information content (AvgIpc) is 2.88. The van der Waals surface area contributed by atoms with E-state index in [1.165, 1.54) is 4.90 Å². The van der Waals surface area contributed by atoms with Crippen LogP contribution in [-0.2, 0) is 9.53 Å². The molecule has 1 N–H and O–H groups in total. The molecular weight excluding hydrogens is 370 g/mol. The predicted molar refractivity (Wildman–Crippen MR) is 111 cm³/mol. The number of nitrogens with one attached hydrogen (secondary N) is 1. The first-order valence-electron chi connectivity index (χ1n) is 10.4. The Labute approximate surface area is 172 Å². The zero-order valence-corrected chi connectivity index (χ0v) is 17.6. The van der Waals surface area contributed by atoms with E-state index in [0.717, 1.165) is 25.7 Å². The van der Waals surface area contributed by atoms with Gasteiger partial charge in [-0.2, -0.15) is 0 Å². The highest BCUT2D eigenvalue weighted by Gasteiger charge is 2.57. The number of hydrogen-bond donors (Lipinski definition) is 1. The van der Waals surface area contributed by atoms with E-state index in [0.29, 0.717) is 31.6 Å². The number of imide groups is 1. The van der Waals surface area contributed by atoms with Crippen LogP contribution in [0.5, 0.6) is 0 Å². The number of piperidine rings is 1. The molecule has 0 spiro atoms. The van der Waals surface area contributed by atoms with Crippen molar-refractivity contribution in [3.05, 3.63) is 30.3 Å². The summed E-state index contributed by atoms with van der Waals surface area (Å²) in [5.74, 6) is -0.117. The molecule has 2 aliphatic heterocycles. The van der Waals surface area contributed by atoms with Gasteiger partial charge >= 0.3 is 12.1 Å². The van der Waals surface area contributed by atoms with Crippen LogP contribution in [0.25, 0.3) is 0 Å². The Morgan fingerprint density at radius 3 is 2.55 bits per heavy atom. The lowest BCUT2D eigenvalue weighted by molar-refractivity contribution is -0.126. The van der Waals surface area contributed by atoms with Gasteiger partial charge in [0.25, 0.3) is 5.91 Å². The molecule has 29 heavy (non-hydrogen) atoms. The SMILES string of the molecule is CC(C)(C)OC(=O)NCCCCC12CCCCN1C(=O)N(c1ccccc1)C2=O. The van der Waals surface area contributed by atoms with Crippen LogP contribution in [0.1, 0.15) is 59.3 Å². The van der Waals surface area contributed by atoms with E-state index in [9.17, 15) is 14.4 Å². The van der Waals surface area contributed by atoms with E-state index in [-0.39, 0.29) is 11.9 Å². The van der Waals surface area contributed by atoms with Gasteiger partial charge in [0.2, 0.25) is 0 Å². The summed E-state index contributed by atoms with van der Waals surface area (Å²) in [6, 6.07) is 8.92. The van der Waals surface area contributed by atoms with E-state index in [1.807, 2.05) is 39.0 Å². The molecule has 0 radical (unpaired) electrons. The van der Waals surface area contributed by atoms with Crippen molar-refractivity contribution in [3.63, 3.8) is 0 Å². The molecule has 1 unspecified atom stereocenters. The van der Waals surface area contributed by atoms with Crippen LogP contribution < -0.4 is 10.2 Å². The maximum absolute atomic E-state index is 13.4. The Morgan fingerprint density at radius 1 is 1.14 bits per heavy atom. The molecule has 3 rings (SSSR count). The number of unbranched alkanes of at least 4 members (excludes halogenated alkanes) is 1. The number of urea groups is 1. The molecule has 2 fully saturated rings.